The van der Waals surface area contributed by atoms with Crippen LogP contribution in [-0.4, -0.2) is 5.11 Å². The molecule has 2 nitrogen and oxygen atoms in total. The zero-order valence-corrected chi connectivity index (χ0v) is 8.63. The molecule has 0 aromatic carbocycles. The summed E-state index contributed by atoms with van der Waals surface area (Å²) in [7, 11) is 0. The highest BCUT2D eigenvalue weighted by Crippen LogP contribution is 2.21. The van der Waals surface area contributed by atoms with E-state index in [0.717, 1.165) is 5.57 Å². The first-order chi connectivity index (χ1) is 5.59. The average Bonchev–Trinajstić information content (AvgIpc) is 2.34. The lowest BCUT2D eigenvalue weighted by molar-refractivity contribution is 0.194. The Bertz CT molecular complexity index is 284. The van der Waals surface area contributed by atoms with Gasteiger partial charge in [-0.1, -0.05) is 5.57 Å². The van der Waals surface area contributed by atoms with Gasteiger partial charge < -0.3 is 9.52 Å². The lowest BCUT2D eigenvalue weighted by atomic mass is 10.2. The Kier molecular flexibility index (Phi) is 3.12. The molecule has 1 heterocycles. The molecule has 0 fully saturated rings. The summed E-state index contributed by atoms with van der Waals surface area (Å²) in [6.07, 6.45) is 1.10. The predicted octanol–water partition coefficient (Wildman–Crippen LogP) is 3.04. The fourth-order valence-corrected chi connectivity index (χ4v) is 1.20. The van der Waals surface area contributed by atoms with E-state index in [1.807, 2.05) is 13.8 Å². The van der Waals surface area contributed by atoms with Crippen LogP contribution in [0.4, 0.5) is 0 Å². The lowest BCUT2D eigenvalue weighted by Gasteiger charge is -2.01. The topological polar surface area (TPSA) is 33.4 Å². The van der Waals surface area contributed by atoms with Gasteiger partial charge in [0, 0.05) is 0 Å². The molecule has 0 spiro atoms. The molecule has 0 aliphatic rings. The van der Waals surface area contributed by atoms with Crippen LogP contribution in [0.15, 0.2) is 32.9 Å². The third kappa shape index (κ3) is 2.50. The summed E-state index contributed by atoms with van der Waals surface area (Å²) >= 11 is 3.17. The van der Waals surface area contributed by atoms with Gasteiger partial charge in [0.1, 0.15) is 11.9 Å². The van der Waals surface area contributed by atoms with E-state index in [9.17, 15) is 5.11 Å². The normalized spacial score (nSPS) is 12.7. The van der Waals surface area contributed by atoms with Gasteiger partial charge in [-0.3, -0.25) is 0 Å². The third-order valence-electron chi connectivity index (χ3n) is 1.38. The number of hydrogen-bond acceptors (Lipinski definition) is 2. The van der Waals surface area contributed by atoms with E-state index in [1.165, 1.54) is 0 Å². The highest BCUT2D eigenvalue weighted by molar-refractivity contribution is 9.10. The summed E-state index contributed by atoms with van der Waals surface area (Å²) < 4.78 is 5.81. The van der Waals surface area contributed by atoms with Crippen molar-refractivity contribution in [2.45, 2.75) is 20.0 Å². The molecular formula is C9H11BrO2. The second-order valence-corrected chi connectivity index (χ2v) is 3.61. The molecule has 0 aliphatic heterocycles. The van der Waals surface area contributed by atoms with Gasteiger partial charge in [0.25, 0.3) is 0 Å². The molecule has 1 unspecified atom stereocenters. The second kappa shape index (κ2) is 3.92. The standard InChI is InChI=1S/C9H11BrO2/c1-6(2)5-7(11)8-3-4-9(10)12-8/h3-5,7,11H,1-2H3. The van der Waals surface area contributed by atoms with Crippen molar-refractivity contribution in [2.24, 2.45) is 0 Å². The predicted molar refractivity (Wildman–Crippen MR) is 50.8 cm³/mol. The number of furan rings is 1. The van der Waals surface area contributed by atoms with Gasteiger partial charge >= 0.3 is 0 Å². The maximum absolute atomic E-state index is 9.51. The van der Waals surface area contributed by atoms with Crippen LogP contribution in [0, 0.1) is 0 Å². The van der Waals surface area contributed by atoms with E-state index >= 15 is 0 Å². The molecule has 1 atom stereocenters. The molecule has 0 aliphatic carbocycles. The van der Waals surface area contributed by atoms with E-state index < -0.39 is 6.10 Å². The van der Waals surface area contributed by atoms with Gasteiger partial charge in [-0.05, 0) is 48.0 Å². The minimum absolute atomic E-state index is 0.558. The van der Waals surface area contributed by atoms with Gasteiger partial charge in [-0.2, -0.15) is 0 Å². The first-order valence-corrected chi connectivity index (χ1v) is 4.47. The Balaban J connectivity index is 2.78. The first-order valence-electron chi connectivity index (χ1n) is 3.68. The summed E-state index contributed by atoms with van der Waals surface area (Å²) in [5, 5.41) is 9.51. The molecule has 0 saturated carbocycles. The van der Waals surface area contributed by atoms with Crippen LogP contribution in [0.2, 0.25) is 0 Å². The maximum atomic E-state index is 9.51. The molecule has 1 aromatic rings. The van der Waals surface area contributed by atoms with E-state index in [1.54, 1.807) is 18.2 Å². The summed E-state index contributed by atoms with van der Waals surface area (Å²) in [5.41, 5.74) is 1.06. The SMILES string of the molecule is CC(C)=CC(O)c1ccc(Br)o1. The molecule has 12 heavy (non-hydrogen) atoms. The average molecular weight is 231 g/mol. The molecule has 1 rings (SSSR count). The van der Waals surface area contributed by atoms with Crippen LogP contribution >= 0.6 is 15.9 Å². The number of aliphatic hydroxyl groups is 1. The van der Waals surface area contributed by atoms with Gasteiger partial charge in [-0.15, -0.1) is 0 Å². The van der Waals surface area contributed by atoms with Crippen molar-refractivity contribution in [1.82, 2.24) is 0 Å². The van der Waals surface area contributed by atoms with Gasteiger partial charge in [0.15, 0.2) is 4.67 Å². The first kappa shape index (κ1) is 9.55. The van der Waals surface area contributed by atoms with Crippen molar-refractivity contribution in [3.8, 4) is 0 Å². The van der Waals surface area contributed by atoms with E-state index in [4.69, 9.17) is 4.42 Å². The number of allylic oxidation sites excluding steroid dienone is 1. The van der Waals surface area contributed by atoms with Crippen molar-refractivity contribution in [3.63, 3.8) is 0 Å². The van der Waals surface area contributed by atoms with Crippen molar-refractivity contribution in [1.29, 1.82) is 0 Å². The Morgan fingerprint density at radius 3 is 2.67 bits per heavy atom. The smallest absolute Gasteiger partial charge is 0.169 e. The van der Waals surface area contributed by atoms with E-state index in [0.29, 0.717) is 10.4 Å². The fraction of sp³-hybridized carbons (Fsp3) is 0.333. The van der Waals surface area contributed by atoms with Gasteiger partial charge in [0.05, 0.1) is 0 Å². The largest absolute Gasteiger partial charge is 0.451 e. The monoisotopic (exact) mass is 230 g/mol. The Morgan fingerprint density at radius 1 is 1.58 bits per heavy atom. The molecular weight excluding hydrogens is 220 g/mol. The summed E-state index contributed by atoms with van der Waals surface area (Å²) in [6.45, 7) is 3.86. The van der Waals surface area contributed by atoms with Crippen LogP contribution in [-0.2, 0) is 0 Å². The van der Waals surface area contributed by atoms with Crippen molar-refractivity contribution in [3.05, 3.63) is 34.2 Å². The number of aliphatic hydroxyl groups excluding tert-OH is 1. The molecule has 1 aromatic heterocycles. The van der Waals surface area contributed by atoms with Crippen LogP contribution in [0.1, 0.15) is 25.7 Å². The zero-order valence-electron chi connectivity index (χ0n) is 7.04. The van der Waals surface area contributed by atoms with Crippen LogP contribution in [0.5, 0.6) is 0 Å². The maximum Gasteiger partial charge on any atom is 0.169 e. The van der Waals surface area contributed by atoms with Crippen LogP contribution in [0.3, 0.4) is 0 Å². The second-order valence-electron chi connectivity index (χ2n) is 2.83. The highest BCUT2D eigenvalue weighted by Gasteiger charge is 2.07. The highest BCUT2D eigenvalue weighted by atomic mass is 79.9. The fourth-order valence-electron chi connectivity index (χ4n) is 0.885. The minimum atomic E-state index is -0.638. The molecule has 0 amide bonds. The van der Waals surface area contributed by atoms with Gasteiger partial charge in [0.2, 0.25) is 0 Å². The quantitative estimate of drug-likeness (QED) is 0.793. The van der Waals surface area contributed by atoms with Crippen molar-refractivity contribution >= 4 is 15.9 Å². The van der Waals surface area contributed by atoms with E-state index in [-0.39, 0.29) is 0 Å². The zero-order chi connectivity index (χ0) is 9.14. The summed E-state index contributed by atoms with van der Waals surface area (Å²) in [6, 6.07) is 3.51. The Hall–Kier alpha value is -0.540. The Labute approximate surface area is 80.0 Å². The number of rotatable bonds is 2. The minimum Gasteiger partial charge on any atom is -0.451 e. The molecule has 0 saturated heterocycles. The molecule has 1 N–H and O–H groups in total. The van der Waals surface area contributed by atoms with E-state index in [2.05, 4.69) is 15.9 Å². The molecule has 0 bridgehead atoms. The third-order valence-corrected chi connectivity index (χ3v) is 1.80. The van der Waals surface area contributed by atoms with Crippen molar-refractivity contribution in [2.75, 3.05) is 0 Å². The number of hydrogen-bond donors (Lipinski definition) is 1. The van der Waals surface area contributed by atoms with Crippen LogP contribution in [0.25, 0.3) is 0 Å². The van der Waals surface area contributed by atoms with Gasteiger partial charge in [-0.25, -0.2) is 0 Å². The Morgan fingerprint density at radius 2 is 2.25 bits per heavy atom. The molecule has 0 radical (unpaired) electrons. The summed E-state index contributed by atoms with van der Waals surface area (Å²) in [5.74, 6) is 0.558. The molecule has 66 valence electrons. The number of halogens is 1. The van der Waals surface area contributed by atoms with Crippen molar-refractivity contribution < 1.29 is 9.52 Å². The summed E-state index contributed by atoms with van der Waals surface area (Å²) in [4.78, 5) is 0. The molecule has 3 heteroatoms. The van der Waals surface area contributed by atoms with Crippen LogP contribution < -0.4 is 0 Å². The lowest BCUT2D eigenvalue weighted by Crippen LogP contribution is -1.90.